The fourth-order valence-corrected chi connectivity index (χ4v) is 6.87. The smallest absolute Gasteiger partial charge is 0.164 e. The minimum atomic E-state index is 0.599. The van der Waals surface area contributed by atoms with Gasteiger partial charge in [-0.05, 0) is 22.8 Å². The molecule has 0 bridgehead atoms. The second-order valence-electron chi connectivity index (χ2n) is 11.6. The van der Waals surface area contributed by atoms with E-state index in [1.165, 1.54) is 5.56 Å². The van der Waals surface area contributed by atoms with Crippen molar-refractivity contribution in [1.82, 2.24) is 29.9 Å². The van der Waals surface area contributed by atoms with E-state index in [2.05, 4.69) is 54.6 Å². The van der Waals surface area contributed by atoms with Gasteiger partial charge in [0.1, 0.15) is 4.83 Å². The highest BCUT2D eigenvalue weighted by Gasteiger charge is 2.15. The van der Waals surface area contributed by atoms with Crippen molar-refractivity contribution in [1.29, 1.82) is 0 Å². The molecule has 5 aromatic carbocycles. The Labute approximate surface area is 286 Å². The number of benzene rings is 5. The van der Waals surface area contributed by atoms with Crippen molar-refractivity contribution in [2.75, 3.05) is 0 Å². The molecular formula is C42H26N6S. The van der Waals surface area contributed by atoms with Crippen LogP contribution in [0.15, 0.2) is 158 Å². The number of nitrogens with zero attached hydrogens (tertiary/aromatic N) is 6. The summed E-state index contributed by atoms with van der Waals surface area (Å²) in [5.74, 6) is 2.50. The zero-order valence-electron chi connectivity index (χ0n) is 26.1. The molecule has 4 aromatic heterocycles. The minimum Gasteiger partial charge on any atom is -0.245 e. The van der Waals surface area contributed by atoms with Crippen LogP contribution in [0, 0.1) is 0 Å². The molecule has 4 heterocycles. The highest BCUT2D eigenvalue weighted by molar-refractivity contribution is 7.25. The first kappa shape index (κ1) is 28.8. The molecular weight excluding hydrogens is 621 g/mol. The van der Waals surface area contributed by atoms with Gasteiger partial charge in [0.2, 0.25) is 0 Å². The van der Waals surface area contributed by atoms with Gasteiger partial charge in [-0.15, -0.1) is 11.3 Å². The van der Waals surface area contributed by atoms with Crippen LogP contribution in [0.2, 0.25) is 0 Å². The van der Waals surface area contributed by atoms with Gasteiger partial charge < -0.3 is 0 Å². The van der Waals surface area contributed by atoms with E-state index in [9.17, 15) is 0 Å². The quantitative estimate of drug-likeness (QED) is 0.179. The molecule has 6 nitrogen and oxygen atoms in total. The van der Waals surface area contributed by atoms with Crippen LogP contribution in [0.4, 0.5) is 0 Å². The van der Waals surface area contributed by atoms with Crippen LogP contribution in [0.25, 0.3) is 88.2 Å². The summed E-state index contributed by atoms with van der Waals surface area (Å²) in [6.07, 6.45) is 3.82. The van der Waals surface area contributed by atoms with Crippen molar-refractivity contribution >= 4 is 31.8 Å². The molecule has 0 radical (unpaired) electrons. The molecule has 0 aliphatic rings. The van der Waals surface area contributed by atoms with Crippen LogP contribution < -0.4 is 0 Å². The molecule has 230 valence electrons. The molecule has 0 saturated carbocycles. The Bertz CT molecular complexity index is 2570. The number of fused-ring (bicyclic) bond motifs is 3. The number of thiophene rings is 1. The lowest BCUT2D eigenvalue weighted by Gasteiger charge is -2.09. The van der Waals surface area contributed by atoms with Crippen LogP contribution in [-0.2, 0) is 0 Å². The number of aromatic nitrogens is 6. The largest absolute Gasteiger partial charge is 0.245 e. The van der Waals surface area contributed by atoms with E-state index in [4.69, 9.17) is 29.9 Å². The Balaban J connectivity index is 1.08. The third kappa shape index (κ3) is 5.62. The summed E-state index contributed by atoms with van der Waals surface area (Å²) in [7, 11) is 0. The summed E-state index contributed by atoms with van der Waals surface area (Å²) >= 11 is 1.61. The first-order valence-corrected chi connectivity index (χ1v) is 16.8. The summed E-state index contributed by atoms with van der Waals surface area (Å²) in [6.45, 7) is 0. The van der Waals surface area contributed by atoms with Crippen LogP contribution >= 0.6 is 11.3 Å². The number of rotatable bonds is 6. The maximum absolute atomic E-state index is 5.03. The van der Waals surface area contributed by atoms with Gasteiger partial charge in [-0.3, -0.25) is 0 Å². The zero-order valence-corrected chi connectivity index (χ0v) is 26.9. The van der Waals surface area contributed by atoms with Crippen LogP contribution in [0.5, 0.6) is 0 Å². The Morgan fingerprint density at radius 2 is 0.776 bits per heavy atom. The molecule has 0 spiro atoms. The molecule has 0 aliphatic carbocycles. The van der Waals surface area contributed by atoms with E-state index < -0.39 is 0 Å². The SMILES string of the molecule is c1ccc(-c2ccc(-c3nc(-c4ccccc4)nc(-c4ccc(-c5ncc6sc7ncc(-c8ccccc8)cc7c6n5)cc4)n3)cc2)cc1. The van der Waals surface area contributed by atoms with Gasteiger partial charge in [0.15, 0.2) is 23.3 Å². The predicted molar refractivity (Wildman–Crippen MR) is 199 cm³/mol. The van der Waals surface area contributed by atoms with E-state index in [1.54, 1.807) is 11.3 Å². The van der Waals surface area contributed by atoms with Gasteiger partial charge >= 0.3 is 0 Å². The van der Waals surface area contributed by atoms with E-state index in [1.807, 2.05) is 103 Å². The molecule has 9 rings (SSSR count). The van der Waals surface area contributed by atoms with Crippen LogP contribution in [0.3, 0.4) is 0 Å². The molecule has 0 atom stereocenters. The average Bonchev–Trinajstić information content (AvgIpc) is 3.56. The Kier molecular flexibility index (Phi) is 7.22. The minimum absolute atomic E-state index is 0.599. The Morgan fingerprint density at radius 3 is 1.33 bits per heavy atom. The lowest BCUT2D eigenvalue weighted by atomic mass is 10.0. The molecule has 0 fully saturated rings. The summed E-state index contributed by atoms with van der Waals surface area (Å²) in [5.41, 5.74) is 9.05. The highest BCUT2D eigenvalue weighted by atomic mass is 32.1. The second-order valence-corrected chi connectivity index (χ2v) is 12.7. The van der Waals surface area contributed by atoms with E-state index in [-0.39, 0.29) is 0 Å². The number of hydrogen-bond donors (Lipinski definition) is 0. The molecule has 0 N–H and O–H groups in total. The van der Waals surface area contributed by atoms with Crippen molar-refractivity contribution in [3.8, 4) is 67.8 Å². The topological polar surface area (TPSA) is 77.3 Å². The predicted octanol–water partition coefficient (Wildman–Crippen LogP) is 10.4. The standard InChI is InChI=1S/C42H26N6S/c1-4-10-27(11-5-1)29-16-18-32(19-17-29)40-46-39(30-14-8-3-9-15-30)47-41(48-40)33-22-20-31(21-23-33)38-43-26-36-37(45-38)35-24-34(25-44-42(35)49-36)28-12-6-2-7-13-28/h1-26H. The molecule has 9 aromatic rings. The van der Waals surface area contributed by atoms with Crippen LogP contribution in [-0.4, -0.2) is 29.9 Å². The van der Waals surface area contributed by atoms with Crippen molar-refractivity contribution < 1.29 is 0 Å². The third-order valence-corrected chi connectivity index (χ3v) is 9.53. The molecule has 0 aliphatic heterocycles. The zero-order chi connectivity index (χ0) is 32.6. The summed E-state index contributed by atoms with van der Waals surface area (Å²) < 4.78 is 1.01. The fourth-order valence-electron chi connectivity index (χ4n) is 5.93. The summed E-state index contributed by atoms with van der Waals surface area (Å²) in [5, 5.41) is 1.03. The van der Waals surface area contributed by atoms with Crippen molar-refractivity contribution in [2.24, 2.45) is 0 Å². The number of hydrogen-bond acceptors (Lipinski definition) is 7. The highest BCUT2D eigenvalue weighted by Crippen LogP contribution is 2.35. The van der Waals surface area contributed by atoms with Crippen molar-refractivity contribution in [2.45, 2.75) is 0 Å². The lowest BCUT2D eigenvalue weighted by molar-refractivity contribution is 1.07. The van der Waals surface area contributed by atoms with Crippen molar-refractivity contribution in [3.05, 3.63) is 158 Å². The monoisotopic (exact) mass is 646 g/mol. The third-order valence-electron chi connectivity index (χ3n) is 8.49. The lowest BCUT2D eigenvalue weighted by Crippen LogP contribution is -2.00. The van der Waals surface area contributed by atoms with Gasteiger partial charge in [-0.1, -0.05) is 140 Å². The van der Waals surface area contributed by atoms with E-state index in [0.29, 0.717) is 23.3 Å². The molecule has 49 heavy (non-hydrogen) atoms. The fraction of sp³-hybridized carbons (Fsp3) is 0. The van der Waals surface area contributed by atoms with Gasteiger partial charge in [-0.25, -0.2) is 29.9 Å². The van der Waals surface area contributed by atoms with Gasteiger partial charge in [0.05, 0.1) is 10.2 Å². The van der Waals surface area contributed by atoms with Gasteiger partial charge in [0.25, 0.3) is 0 Å². The molecule has 0 amide bonds. The second kappa shape index (κ2) is 12.3. The first-order valence-electron chi connectivity index (χ1n) is 15.9. The molecule has 0 saturated heterocycles. The molecule has 0 unspecified atom stereocenters. The summed E-state index contributed by atoms with van der Waals surface area (Å²) in [4.78, 5) is 30.2. The first-order chi connectivity index (χ1) is 24.2. The van der Waals surface area contributed by atoms with E-state index in [0.717, 1.165) is 59.4 Å². The molecule has 7 heteroatoms. The van der Waals surface area contributed by atoms with E-state index >= 15 is 0 Å². The maximum atomic E-state index is 5.03. The Hall–Kier alpha value is -6.44. The van der Waals surface area contributed by atoms with Crippen LogP contribution in [0.1, 0.15) is 0 Å². The summed E-state index contributed by atoms with van der Waals surface area (Å²) in [6, 6.07) is 49.3. The van der Waals surface area contributed by atoms with Gasteiger partial charge in [-0.2, -0.15) is 0 Å². The normalized spacial score (nSPS) is 11.3. The Morgan fingerprint density at radius 1 is 0.347 bits per heavy atom. The van der Waals surface area contributed by atoms with Crippen molar-refractivity contribution in [3.63, 3.8) is 0 Å². The van der Waals surface area contributed by atoms with Gasteiger partial charge in [0, 0.05) is 45.6 Å². The average molecular weight is 647 g/mol. The maximum Gasteiger partial charge on any atom is 0.164 e. The number of pyridine rings is 1.